The number of aromatic nitrogens is 1. The average Bonchev–Trinajstić information content (AvgIpc) is 2.75. The van der Waals surface area contributed by atoms with Crippen molar-refractivity contribution in [2.24, 2.45) is 0 Å². The van der Waals surface area contributed by atoms with E-state index in [1.54, 1.807) is 11.3 Å². The first-order valence-corrected chi connectivity index (χ1v) is 6.50. The van der Waals surface area contributed by atoms with Crippen LogP contribution in [0, 0.1) is 0 Å². The predicted molar refractivity (Wildman–Crippen MR) is 67.6 cm³/mol. The van der Waals surface area contributed by atoms with Gasteiger partial charge in [0.1, 0.15) is 5.69 Å². The van der Waals surface area contributed by atoms with Crippen molar-refractivity contribution < 1.29 is 9.36 Å². The average molecular weight is 245 g/mol. The van der Waals surface area contributed by atoms with Crippen LogP contribution in [0.2, 0.25) is 0 Å². The second-order valence-corrected chi connectivity index (χ2v) is 5.20. The molecule has 0 radical (unpaired) electrons. The topological polar surface area (TPSA) is 24.2 Å². The quantitative estimate of drug-likeness (QED) is 0.556. The van der Waals surface area contributed by atoms with Crippen molar-refractivity contribution in [3.63, 3.8) is 0 Å². The van der Waals surface area contributed by atoms with Gasteiger partial charge in [0.15, 0.2) is 6.20 Å². The van der Waals surface area contributed by atoms with Crippen molar-refractivity contribution >= 4 is 23.4 Å². The zero-order valence-electron chi connectivity index (χ0n) is 9.54. The number of carbonyl (C=O) groups is 1. The lowest BCUT2D eigenvalue weighted by Crippen LogP contribution is -2.32. The molecule has 0 bridgehead atoms. The molecule has 2 heterocycles. The van der Waals surface area contributed by atoms with Crippen LogP contribution in [-0.4, -0.2) is 12.5 Å². The molecule has 0 N–H and O–H groups in total. The van der Waals surface area contributed by atoms with Gasteiger partial charge in [0.2, 0.25) is 17.1 Å². The molecule has 0 saturated carbocycles. The summed E-state index contributed by atoms with van der Waals surface area (Å²) in [5, 5.41) is 3.38. The Bertz CT molecular complexity index is 564. The second kappa shape index (κ2) is 3.96. The Balaban J connectivity index is 2.28. The van der Waals surface area contributed by atoms with Crippen LogP contribution in [0.25, 0.3) is 5.69 Å². The highest BCUT2D eigenvalue weighted by atomic mass is 32.1. The highest BCUT2D eigenvalue weighted by molar-refractivity contribution is 7.09. The summed E-state index contributed by atoms with van der Waals surface area (Å²) in [6.07, 6.45) is 3.89. The smallest absolute Gasteiger partial charge is 0.245 e. The van der Waals surface area contributed by atoms with Crippen LogP contribution in [0.1, 0.15) is 11.9 Å². The molecular formula is C13H13N2OS+. The molecule has 1 atom stereocenters. The third kappa shape index (κ3) is 1.56. The van der Waals surface area contributed by atoms with E-state index in [0.29, 0.717) is 0 Å². The Morgan fingerprint density at radius 2 is 2.29 bits per heavy atom. The van der Waals surface area contributed by atoms with E-state index in [2.05, 4.69) is 29.1 Å². The van der Waals surface area contributed by atoms with Crippen molar-refractivity contribution in [2.45, 2.75) is 19.4 Å². The van der Waals surface area contributed by atoms with Crippen LogP contribution in [0.15, 0.2) is 35.8 Å². The zero-order chi connectivity index (χ0) is 11.8. The first-order chi connectivity index (χ1) is 8.31. The van der Waals surface area contributed by atoms with Gasteiger partial charge in [-0.3, -0.25) is 4.79 Å². The van der Waals surface area contributed by atoms with Crippen molar-refractivity contribution in [3.05, 3.63) is 40.8 Å². The molecule has 0 saturated heterocycles. The molecule has 0 fully saturated rings. The number of anilines is 1. The zero-order valence-corrected chi connectivity index (χ0v) is 10.4. The third-order valence-electron chi connectivity index (χ3n) is 3.16. The minimum Gasteiger partial charge on any atom is -0.306 e. The molecule has 3 nitrogen and oxygen atoms in total. The maximum absolute atomic E-state index is 11.3. The minimum absolute atomic E-state index is 0.195. The van der Waals surface area contributed by atoms with Gasteiger partial charge in [0, 0.05) is 12.1 Å². The van der Waals surface area contributed by atoms with E-state index >= 15 is 0 Å². The summed E-state index contributed by atoms with van der Waals surface area (Å²) in [6.45, 7) is 2.08. The second-order valence-electron chi connectivity index (χ2n) is 4.22. The monoisotopic (exact) mass is 245 g/mol. The Hall–Kier alpha value is -1.68. The van der Waals surface area contributed by atoms with Gasteiger partial charge in [-0.2, -0.15) is 4.57 Å². The SMILES string of the molecule is C[C@@H]1Cc2scc[n+]2-c2ccccc2N1C=O. The number of fused-ring (bicyclic) bond motifs is 3. The van der Waals surface area contributed by atoms with Crippen molar-refractivity contribution in [3.8, 4) is 5.69 Å². The van der Waals surface area contributed by atoms with Crippen LogP contribution in [-0.2, 0) is 11.2 Å². The molecule has 1 amide bonds. The summed E-state index contributed by atoms with van der Waals surface area (Å²) < 4.78 is 2.18. The standard InChI is InChI=1S/C13H13N2OS/c1-10-8-13-14(6-7-17-13)11-4-2-3-5-12(11)15(10)9-16/h2-7,9-10H,8H2,1H3/q+1/t10-/m1/s1. The molecular weight excluding hydrogens is 232 g/mol. The lowest BCUT2D eigenvalue weighted by atomic mass is 10.2. The van der Waals surface area contributed by atoms with E-state index in [-0.39, 0.29) is 6.04 Å². The molecule has 3 rings (SSSR count). The van der Waals surface area contributed by atoms with E-state index in [9.17, 15) is 4.79 Å². The fourth-order valence-corrected chi connectivity index (χ4v) is 3.26. The summed E-state index contributed by atoms with van der Waals surface area (Å²) in [5.41, 5.74) is 2.07. The number of hydrogen-bond donors (Lipinski definition) is 0. The lowest BCUT2D eigenvalue weighted by molar-refractivity contribution is -0.597. The molecule has 4 heteroatoms. The van der Waals surface area contributed by atoms with Crippen LogP contribution in [0.3, 0.4) is 0 Å². The molecule has 1 aliphatic heterocycles. The highest BCUT2D eigenvalue weighted by Gasteiger charge is 2.30. The number of para-hydroxylation sites is 2. The van der Waals surface area contributed by atoms with Crippen molar-refractivity contribution in [2.75, 3.05) is 4.90 Å². The van der Waals surface area contributed by atoms with E-state index in [1.807, 2.05) is 23.1 Å². The van der Waals surface area contributed by atoms with Gasteiger partial charge in [-0.05, 0) is 13.0 Å². The van der Waals surface area contributed by atoms with Crippen molar-refractivity contribution in [1.29, 1.82) is 0 Å². The molecule has 86 valence electrons. The van der Waals surface area contributed by atoms with Gasteiger partial charge in [0.25, 0.3) is 0 Å². The van der Waals surface area contributed by atoms with E-state index in [4.69, 9.17) is 0 Å². The number of benzene rings is 1. The first kappa shape index (κ1) is 10.5. The van der Waals surface area contributed by atoms with Crippen LogP contribution in [0.5, 0.6) is 0 Å². The highest BCUT2D eigenvalue weighted by Crippen LogP contribution is 2.27. The third-order valence-corrected chi connectivity index (χ3v) is 4.05. The summed E-state index contributed by atoms with van der Waals surface area (Å²) >= 11 is 1.74. The molecule has 0 aliphatic carbocycles. The number of hydrogen-bond acceptors (Lipinski definition) is 2. The summed E-state index contributed by atoms with van der Waals surface area (Å²) in [4.78, 5) is 13.1. The number of amides is 1. The van der Waals surface area contributed by atoms with Crippen LogP contribution in [0.4, 0.5) is 5.69 Å². The van der Waals surface area contributed by atoms with E-state index < -0.39 is 0 Å². The van der Waals surface area contributed by atoms with Crippen LogP contribution < -0.4 is 9.47 Å². The van der Waals surface area contributed by atoms with Gasteiger partial charge < -0.3 is 4.90 Å². The maximum Gasteiger partial charge on any atom is 0.245 e. The van der Waals surface area contributed by atoms with Gasteiger partial charge >= 0.3 is 0 Å². The Morgan fingerprint density at radius 1 is 1.47 bits per heavy atom. The molecule has 0 unspecified atom stereocenters. The largest absolute Gasteiger partial charge is 0.306 e. The molecule has 0 spiro atoms. The fourth-order valence-electron chi connectivity index (χ4n) is 2.31. The lowest BCUT2D eigenvalue weighted by Gasteiger charge is -2.21. The Kier molecular flexibility index (Phi) is 2.44. The maximum atomic E-state index is 11.3. The predicted octanol–water partition coefficient (Wildman–Crippen LogP) is 1.93. The van der Waals surface area contributed by atoms with Gasteiger partial charge in [-0.1, -0.05) is 23.5 Å². The number of carbonyl (C=O) groups excluding carboxylic acids is 1. The van der Waals surface area contributed by atoms with Crippen molar-refractivity contribution in [1.82, 2.24) is 0 Å². The molecule has 1 aromatic heterocycles. The minimum atomic E-state index is 0.195. The number of thiazole rings is 1. The van der Waals surface area contributed by atoms with Gasteiger partial charge in [-0.15, -0.1) is 0 Å². The summed E-state index contributed by atoms with van der Waals surface area (Å²) in [6, 6.07) is 8.23. The summed E-state index contributed by atoms with van der Waals surface area (Å²) in [5.74, 6) is 0. The summed E-state index contributed by atoms with van der Waals surface area (Å²) in [7, 11) is 0. The fraction of sp³-hybridized carbons (Fsp3) is 0.231. The van der Waals surface area contributed by atoms with Gasteiger partial charge in [0.05, 0.1) is 11.8 Å². The first-order valence-electron chi connectivity index (χ1n) is 5.62. The van der Waals surface area contributed by atoms with E-state index in [1.165, 1.54) is 5.01 Å². The number of nitrogens with zero attached hydrogens (tertiary/aromatic N) is 2. The molecule has 1 aromatic carbocycles. The molecule has 1 aliphatic rings. The van der Waals surface area contributed by atoms with Crippen LogP contribution >= 0.6 is 11.3 Å². The van der Waals surface area contributed by atoms with Gasteiger partial charge in [-0.25, -0.2) is 0 Å². The molecule has 2 aromatic rings. The molecule has 17 heavy (non-hydrogen) atoms. The Labute approximate surface area is 104 Å². The van der Waals surface area contributed by atoms with E-state index in [0.717, 1.165) is 24.2 Å². The Morgan fingerprint density at radius 3 is 3.12 bits per heavy atom. The number of rotatable bonds is 1. The normalized spacial score (nSPS) is 18.2.